The highest BCUT2D eigenvalue weighted by Gasteiger charge is 2.34. The molecule has 0 amide bonds. The summed E-state index contributed by atoms with van der Waals surface area (Å²) >= 11 is 3.20. The van der Waals surface area contributed by atoms with E-state index in [1.807, 2.05) is 0 Å². The van der Waals surface area contributed by atoms with Crippen molar-refractivity contribution >= 4 is 39.3 Å². The zero-order valence-corrected chi connectivity index (χ0v) is 15.1. The summed E-state index contributed by atoms with van der Waals surface area (Å²) in [6, 6.07) is 6.62. The number of non-ortho nitro benzene ring substituents is 1. The van der Waals surface area contributed by atoms with Crippen LogP contribution in [0.3, 0.4) is 0 Å². The van der Waals surface area contributed by atoms with Crippen molar-refractivity contribution in [1.82, 2.24) is 0 Å². The second-order valence-electron chi connectivity index (χ2n) is 5.49. The van der Waals surface area contributed by atoms with Gasteiger partial charge in [0.15, 0.2) is 23.1 Å². The molecular formula is C18H12BrNO6. The minimum Gasteiger partial charge on any atom is -0.503 e. The number of allylic oxidation sites excluding steroid dienone is 1. The van der Waals surface area contributed by atoms with E-state index in [4.69, 9.17) is 4.74 Å². The van der Waals surface area contributed by atoms with E-state index in [0.29, 0.717) is 16.6 Å². The maximum atomic E-state index is 12.5. The summed E-state index contributed by atoms with van der Waals surface area (Å²) in [5.41, 5.74) is 0.267. The number of nitro benzene ring substituents is 1. The number of nitrogens with zero attached hydrogens (tertiary/aromatic N) is 1. The Morgan fingerprint density at radius 1 is 1.19 bits per heavy atom. The summed E-state index contributed by atoms with van der Waals surface area (Å²) in [5, 5.41) is 20.8. The molecule has 2 aromatic carbocycles. The molecule has 0 heterocycles. The van der Waals surface area contributed by atoms with Gasteiger partial charge in [0, 0.05) is 23.3 Å². The summed E-state index contributed by atoms with van der Waals surface area (Å²) in [4.78, 5) is 35.3. The molecule has 1 aliphatic rings. The average molecular weight is 418 g/mol. The molecule has 0 unspecified atom stereocenters. The minimum atomic E-state index is -0.620. The fourth-order valence-electron chi connectivity index (χ4n) is 2.67. The van der Waals surface area contributed by atoms with E-state index < -0.39 is 16.5 Å². The maximum Gasteiger partial charge on any atom is 0.270 e. The van der Waals surface area contributed by atoms with E-state index in [1.165, 1.54) is 30.3 Å². The number of nitro groups is 1. The summed E-state index contributed by atoms with van der Waals surface area (Å²) < 4.78 is 5.67. The number of ether oxygens (including phenoxy) is 1. The molecule has 0 aliphatic heterocycles. The van der Waals surface area contributed by atoms with Crippen molar-refractivity contribution in [3.63, 3.8) is 0 Å². The number of hydrogen-bond acceptors (Lipinski definition) is 6. The Labute approximate surface area is 156 Å². The monoisotopic (exact) mass is 417 g/mol. The van der Waals surface area contributed by atoms with Crippen LogP contribution in [0.2, 0.25) is 0 Å². The summed E-state index contributed by atoms with van der Waals surface area (Å²) in [6.07, 6.45) is 1.38. The molecule has 1 aliphatic carbocycles. The zero-order chi connectivity index (χ0) is 19.0. The third-order valence-corrected chi connectivity index (χ3v) is 4.46. The molecule has 8 heteroatoms. The number of halogens is 1. The van der Waals surface area contributed by atoms with Crippen molar-refractivity contribution < 1.29 is 24.4 Å². The largest absolute Gasteiger partial charge is 0.503 e. The van der Waals surface area contributed by atoms with Crippen LogP contribution in [0.5, 0.6) is 11.5 Å². The Kier molecular flexibility index (Phi) is 4.60. The third-order valence-electron chi connectivity index (χ3n) is 3.85. The predicted molar refractivity (Wildman–Crippen MR) is 96.7 cm³/mol. The van der Waals surface area contributed by atoms with E-state index >= 15 is 0 Å². The molecule has 0 bridgehead atoms. The van der Waals surface area contributed by atoms with Gasteiger partial charge < -0.3 is 9.84 Å². The number of fused-ring (bicyclic) bond motifs is 1. The Morgan fingerprint density at radius 2 is 1.88 bits per heavy atom. The van der Waals surface area contributed by atoms with Crippen LogP contribution in [-0.4, -0.2) is 28.2 Å². The highest BCUT2D eigenvalue weighted by molar-refractivity contribution is 9.10. The van der Waals surface area contributed by atoms with E-state index in [1.54, 1.807) is 6.92 Å². The number of aromatic hydroxyl groups is 1. The van der Waals surface area contributed by atoms with Crippen molar-refractivity contribution in [3.8, 4) is 11.5 Å². The quantitative estimate of drug-likeness (QED) is 0.349. The van der Waals surface area contributed by atoms with Crippen LogP contribution < -0.4 is 4.74 Å². The van der Waals surface area contributed by atoms with E-state index in [-0.39, 0.29) is 33.9 Å². The van der Waals surface area contributed by atoms with E-state index in [9.17, 15) is 24.8 Å². The van der Waals surface area contributed by atoms with Crippen molar-refractivity contribution in [2.45, 2.75) is 6.92 Å². The predicted octanol–water partition coefficient (Wildman–Crippen LogP) is 3.92. The molecule has 0 saturated heterocycles. The number of carbonyl (C=O) groups is 2. The van der Waals surface area contributed by atoms with Gasteiger partial charge in [0.1, 0.15) is 0 Å². The number of benzene rings is 2. The molecular weight excluding hydrogens is 406 g/mol. The van der Waals surface area contributed by atoms with Gasteiger partial charge >= 0.3 is 0 Å². The molecule has 0 radical (unpaired) electrons. The molecule has 0 saturated carbocycles. The zero-order valence-electron chi connectivity index (χ0n) is 13.5. The first kappa shape index (κ1) is 17.8. The van der Waals surface area contributed by atoms with Crippen LogP contribution >= 0.6 is 15.9 Å². The second-order valence-corrected chi connectivity index (χ2v) is 6.34. The van der Waals surface area contributed by atoms with Gasteiger partial charge in [-0.25, -0.2) is 0 Å². The highest BCUT2D eigenvalue weighted by atomic mass is 79.9. The fourth-order valence-corrected chi connectivity index (χ4v) is 3.13. The lowest BCUT2D eigenvalue weighted by Crippen LogP contribution is -2.00. The molecule has 26 heavy (non-hydrogen) atoms. The lowest BCUT2D eigenvalue weighted by Gasteiger charge is -2.08. The van der Waals surface area contributed by atoms with Crippen LogP contribution in [0.25, 0.3) is 6.08 Å². The van der Waals surface area contributed by atoms with Crippen molar-refractivity contribution in [1.29, 1.82) is 0 Å². The number of phenols is 1. The van der Waals surface area contributed by atoms with Gasteiger partial charge in [-0.05, 0) is 52.7 Å². The molecule has 2 aromatic rings. The highest BCUT2D eigenvalue weighted by Crippen LogP contribution is 2.37. The average Bonchev–Trinajstić information content (AvgIpc) is 2.84. The van der Waals surface area contributed by atoms with Gasteiger partial charge in [-0.1, -0.05) is 0 Å². The Morgan fingerprint density at radius 3 is 2.54 bits per heavy atom. The molecule has 3 rings (SSSR count). The fraction of sp³-hybridized carbons (Fsp3) is 0.111. The van der Waals surface area contributed by atoms with Crippen molar-refractivity contribution in [2.75, 3.05) is 6.61 Å². The SMILES string of the molecule is CCOc1cc(C=C2C(=O)c3ccc([N+](=O)[O-])cc3C2=O)cc(Br)c1O. The number of carbonyl (C=O) groups excluding carboxylic acids is 2. The molecule has 7 nitrogen and oxygen atoms in total. The summed E-state index contributed by atoms with van der Waals surface area (Å²) in [5.74, 6) is -0.949. The van der Waals surface area contributed by atoms with Crippen molar-refractivity contribution in [2.24, 2.45) is 0 Å². The smallest absolute Gasteiger partial charge is 0.270 e. The first-order valence-electron chi connectivity index (χ1n) is 7.58. The number of Topliss-reactive ketones (excluding diaryl/α,β-unsaturated/α-hetero) is 2. The second kappa shape index (κ2) is 6.72. The number of hydrogen-bond donors (Lipinski definition) is 1. The van der Waals surface area contributed by atoms with Crippen LogP contribution in [0.4, 0.5) is 5.69 Å². The van der Waals surface area contributed by atoms with Gasteiger partial charge in [-0.3, -0.25) is 19.7 Å². The lowest BCUT2D eigenvalue weighted by atomic mass is 10.1. The van der Waals surface area contributed by atoms with Crippen molar-refractivity contribution in [3.05, 3.63) is 67.2 Å². The maximum absolute atomic E-state index is 12.5. The number of ketones is 2. The van der Waals surface area contributed by atoms with Gasteiger partial charge in [0.2, 0.25) is 0 Å². The standard InChI is InChI=1S/C18H12BrNO6/c1-2-26-15-7-9(6-14(19)18(15)23)5-13-16(21)11-4-3-10(20(24)25)8-12(11)17(13)22/h3-8,23H,2H2,1H3. The van der Waals surface area contributed by atoms with E-state index in [0.717, 1.165) is 6.07 Å². The Hall–Kier alpha value is -3.00. The van der Waals surface area contributed by atoms with Crippen LogP contribution in [0.1, 0.15) is 33.2 Å². The minimum absolute atomic E-state index is 0.0123. The molecule has 0 spiro atoms. The molecule has 0 atom stereocenters. The van der Waals surface area contributed by atoms with Crippen LogP contribution in [0.15, 0.2) is 40.4 Å². The third kappa shape index (κ3) is 2.99. The summed E-state index contributed by atoms with van der Waals surface area (Å²) in [7, 11) is 0. The Bertz CT molecular complexity index is 995. The summed E-state index contributed by atoms with van der Waals surface area (Å²) in [6.45, 7) is 2.08. The number of rotatable bonds is 4. The van der Waals surface area contributed by atoms with E-state index in [2.05, 4.69) is 15.9 Å². The molecule has 132 valence electrons. The lowest BCUT2D eigenvalue weighted by molar-refractivity contribution is -0.384. The molecule has 0 aromatic heterocycles. The molecule has 0 fully saturated rings. The number of phenolic OH excluding ortho intramolecular Hbond substituents is 1. The topological polar surface area (TPSA) is 107 Å². The van der Waals surface area contributed by atoms with Gasteiger partial charge in [0.05, 0.1) is 21.6 Å². The first-order chi connectivity index (χ1) is 12.3. The van der Waals surface area contributed by atoms with Gasteiger partial charge in [-0.2, -0.15) is 0 Å². The normalized spacial score (nSPS) is 14.6. The first-order valence-corrected chi connectivity index (χ1v) is 8.37. The molecule has 1 N–H and O–H groups in total. The Balaban J connectivity index is 2.07. The van der Waals surface area contributed by atoms with Crippen LogP contribution in [0, 0.1) is 10.1 Å². The van der Waals surface area contributed by atoms with Crippen LogP contribution in [-0.2, 0) is 0 Å². The van der Waals surface area contributed by atoms with Gasteiger partial charge in [-0.15, -0.1) is 0 Å². The van der Waals surface area contributed by atoms with Gasteiger partial charge in [0.25, 0.3) is 5.69 Å².